The van der Waals surface area contributed by atoms with Gasteiger partial charge in [0.1, 0.15) is 22.8 Å². The van der Waals surface area contributed by atoms with Crippen molar-refractivity contribution >= 4 is 41.7 Å². The molecule has 3 aromatic rings. The van der Waals surface area contributed by atoms with Crippen LogP contribution in [0, 0.1) is 26.2 Å². The lowest BCUT2D eigenvalue weighted by Gasteiger charge is -2.61. The number of likely N-dealkylation sites (tertiary alicyclic amines) is 1. The van der Waals surface area contributed by atoms with Gasteiger partial charge in [-0.3, -0.25) is 9.58 Å². The average molecular weight is 743 g/mol. The van der Waals surface area contributed by atoms with Crippen LogP contribution in [0.2, 0.25) is 23.2 Å². The largest absolute Gasteiger partial charge is 0.491 e. The maximum atomic E-state index is 12.9. The van der Waals surface area contributed by atoms with E-state index >= 15 is 0 Å². The van der Waals surface area contributed by atoms with Gasteiger partial charge < -0.3 is 14.1 Å². The van der Waals surface area contributed by atoms with Crippen molar-refractivity contribution in [3.05, 3.63) is 45.9 Å². The molecule has 46 heavy (non-hydrogen) atoms. The highest BCUT2D eigenvalue weighted by atomic mass is 79.9. The highest BCUT2D eigenvalue weighted by Crippen LogP contribution is 2.45. The summed E-state index contributed by atoms with van der Waals surface area (Å²) in [6.07, 6.45) is -4.55. The minimum Gasteiger partial charge on any atom is -0.491 e. The van der Waals surface area contributed by atoms with Crippen LogP contribution in [0.25, 0.3) is 22.8 Å². The number of ether oxygens (including phenoxy) is 1. The van der Waals surface area contributed by atoms with E-state index < -0.39 is 21.0 Å². The molecule has 4 heterocycles. The number of aromatic nitrogens is 4. The van der Waals surface area contributed by atoms with Crippen molar-refractivity contribution in [2.45, 2.75) is 65.0 Å². The number of benzene rings is 1. The molecule has 2 aromatic heterocycles. The van der Waals surface area contributed by atoms with Crippen molar-refractivity contribution in [2.75, 3.05) is 44.2 Å². The molecule has 1 radical (unpaired) electrons. The van der Waals surface area contributed by atoms with Gasteiger partial charge in [0.2, 0.25) is 0 Å². The van der Waals surface area contributed by atoms with Crippen LogP contribution in [0.3, 0.4) is 0 Å². The Balaban J connectivity index is 1.44. The standard InChI is InChI=1S/C32H42BrClF3N6O2Si/c1-19(45-46(8,9)30(4,5)6)13-44-22-10-11-24(34)23(12-22)28-38-25(26-21(3)27(33)40-41(26)7)20(2)29(39-28)43-16-31(17-43)14-42(15-31)18-32(35,36)37/h10-12,19H,1,13-18H2,2-9H3/t19-/m1/s1. The molecule has 0 unspecified atom stereocenters. The molecule has 251 valence electrons. The van der Waals surface area contributed by atoms with Crippen LogP contribution in [0.5, 0.6) is 5.75 Å². The second kappa shape index (κ2) is 12.4. The highest BCUT2D eigenvalue weighted by molar-refractivity contribution is 9.10. The predicted octanol–water partition coefficient (Wildman–Crippen LogP) is 7.86. The van der Waals surface area contributed by atoms with Crippen LogP contribution in [-0.2, 0) is 11.5 Å². The molecule has 2 saturated heterocycles. The number of hydrogen-bond acceptors (Lipinski definition) is 7. The van der Waals surface area contributed by atoms with Gasteiger partial charge in [-0.25, -0.2) is 9.97 Å². The van der Waals surface area contributed by atoms with E-state index in [1.54, 1.807) is 16.8 Å². The van der Waals surface area contributed by atoms with E-state index in [0.29, 0.717) is 58.6 Å². The topological polar surface area (TPSA) is 68.5 Å². The van der Waals surface area contributed by atoms with Gasteiger partial charge in [0.25, 0.3) is 0 Å². The molecule has 1 spiro atoms. The van der Waals surface area contributed by atoms with Crippen molar-refractivity contribution in [3.8, 4) is 28.5 Å². The third-order valence-corrected chi connectivity index (χ3v) is 14.9. The normalized spacial score (nSPS) is 17.7. The van der Waals surface area contributed by atoms with E-state index in [0.717, 1.165) is 22.6 Å². The van der Waals surface area contributed by atoms with E-state index in [1.165, 1.54) is 4.90 Å². The molecule has 1 atom stereocenters. The molecular weight excluding hydrogens is 701 g/mol. The van der Waals surface area contributed by atoms with E-state index in [9.17, 15) is 13.2 Å². The van der Waals surface area contributed by atoms with Crippen molar-refractivity contribution in [1.29, 1.82) is 0 Å². The van der Waals surface area contributed by atoms with Gasteiger partial charge in [-0.1, -0.05) is 32.4 Å². The third kappa shape index (κ3) is 7.13. The number of nitrogens with zero attached hydrogens (tertiary/aromatic N) is 6. The Kier molecular flexibility index (Phi) is 9.44. The monoisotopic (exact) mass is 741 g/mol. The van der Waals surface area contributed by atoms with Crippen LogP contribution in [-0.4, -0.2) is 84.6 Å². The Labute approximate surface area is 283 Å². The Bertz CT molecular complexity index is 1610. The molecule has 14 heteroatoms. The van der Waals surface area contributed by atoms with E-state index in [2.05, 4.69) is 66.7 Å². The Hall–Kier alpha value is -2.19. The first-order chi connectivity index (χ1) is 21.2. The summed E-state index contributed by atoms with van der Waals surface area (Å²) in [5, 5.41) is 5.04. The van der Waals surface area contributed by atoms with Crippen LogP contribution >= 0.6 is 27.5 Å². The lowest BCUT2D eigenvalue weighted by atomic mass is 9.72. The van der Waals surface area contributed by atoms with Gasteiger partial charge in [-0.2, -0.15) is 18.3 Å². The Morgan fingerprint density at radius 3 is 2.30 bits per heavy atom. The molecule has 0 bridgehead atoms. The minimum atomic E-state index is -4.20. The molecule has 0 saturated carbocycles. The van der Waals surface area contributed by atoms with Crippen LogP contribution < -0.4 is 9.64 Å². The Morgan fingerprint density at radius 2 is 1.74 bits per heavy atom. The van der Waals surface area contributed by atoms with Gasteiger partial charge in [-0.15, -0.1) is 0 Å². The first-order valence-corrected chi connectivity index (χ1v) is 19.3. The maximum absolute atomic E-state index is 12.9. The minimum absolute atomic E-state index is 0.0492. The second-order valence-corrected chi connectivity index (χ2v) is 20.2. The summed E-state index contributed by atoms with van der Waals surface area (Å²) in [7, 11) is -0.161. The van der Waals surface area contributed by atoms with Gasteiger partial charge in [-0.05, 0) is 73.0 Å². The number of halogens is 5. The lowest BCUT2D eigenvalue weighted by molar-refractivity contribution is -0.172. The highest BCUT2D eigenvalue weighted by Gasteiger charge is 2.54. The number of hydrogen-bond donors (Lipinski definition) is 0. The van der Waals surface area contributed by atoms with Gasteiger partial charge >= 0.3 is 6.18 Å². The fourth-order valence-electron chi connectivity index (χ4n) is 6.05. The van der Waals surface area contributed by atoms with Gasteiger partial charge in [0.05, 0.1) is 29.1 Å². The molecule has 0 N–H and O–H groups in total. The van der Waals surface area contributed by atoms with Gasteiger partial charge in [0, 0.05) is 55.3 Å². The first-order valence-electron chi connectivity index (χ1n) is 15.2. The molecule has 1 aromatic carbocycles. The zero-order valence-corrected chi connectivity index (χ0v) is 31.0. The molecule has 0 aliphatic carbocycles. The lowest BCUT2D eigenvalue weighted by Crippen LogP contribution is -2.73. The summed E-state index contributed by atoms with van der Waals surface area (Å²) < 4.78 is 53.8. The zero-order chi connectivity index (χ0) is 34.0. The van der Waals surface area contributed by atoms with Crippen molar-refractivity contribution in [1.82, 2.24) is 24.6 Å². The van der Waals surface area contributed by atoms with Gasteiger partial charge in [0.15, 0.2) is 14.1 Å². The summed E-state index contributed by atoms with van der Waals surface area (Å²) in [5.74, 6) is 1.72. The zero-order valence-electron chi connectivity index (χ0n) is 27.6. The predicted molar refractivity (Wildman–Crippen MR) is 182 cm³/mol. The summed E-state index contributed by atoms with van der Waals surface area (Å²) >= 11 is 10.3. The quantitative estimate of drug-likeness (QED) is 0.207. The number of rotatable bonds is 9. The summed E-state index contributed by atoms with van der Waals surface area (Å²) in [6, 6.07) is 5.38. The maximum Gasteiger partial charge on any atom is 0.401 e. The fourth-order valence-corrected chi connectivity index (χ4v) is 7.94. The summed E-state index contributed by atoms with van der Waals surface area (Å²) in [5.41, 5.74) is 3.74. The van der Waals surface area contributed by atoms with Crippen molar-refractivity contribution in [3.63, 3.8) is 0 Å². The number of alkyl halides is 3. The molecular formula is C32H42BrClF3N6O2Si. The fraction of sp³-hybridized carbons (Fsp3) is 0.562. The first kappa shape index (κ1) is 35.1. The van der Waals surface area contributed by atoms with Crippen LogP contribution in [0.15, 0.2) is 22.8 Å². The molecule has 2 fully saturated rings. The molecule has 0 amide bonds. The number of aryl methyl sites for hydroxylation is 1. The molecule has 8 nitrogen and oxygen atoms in total. The van der Waals surface area contributed by atoms with E-state index in [-0.39, 0.29) is 23.2 Å². The smallest absolute Gasteiger partial charge is 0.401 e. The van der Waals surface area contributed by atoms with E-state index in [1.807, 2.05) is 27.0 Å². The number of anilines is 1. The summed E-state index contributed by atoms with van der Waals surface area (Å²) in [4.78, 5) is 13.6. The second-order valence-electron chi connectivity index (χ2n) is 14.3. The average Bonchev–Trinajstić information content (AvgIpc) is 3.13. The molecule has 2 aliphatic heterocycles. The van der Waals surface area contributed by atoms with E-state index in [4.69, 9.17) is 30.7 Å². The third-order valence-electron chi connectivity index (χ3n) is 9.33. The van der Waals surface area contributed by atoms with Crippen molar-refractivity contribution in [2.24, 2.45) is 12.5 Å². The van der Waals surface area contributed by atoms with Crippen LogP contribution in [0.4, 0.5) is 19.0 Å². The van der Waals surface area contributed by atoms with Crippen LogP contribution in [0.1, 0.15) is 31.9 Å². The molecule has 2 aliphatic rings. The molecule has 5 rings (SSSR count). The summed E-state index contributed by atoms with van der Waals surface area (Å²) in [6.45, 7) is 20.5. The van der Waals surface area contributed by atoms with Crippen molar-refractivity contribution < 1.29 is 22.3 Å². The SMILES string of the molecule is [CH2][C@H](COc1ccc(Cl)c(-c2nc(-c3c(C)c(Br)nn3C)c(C)c(N3CC4(CN(CC(F)(F)F)C4)C3)n2)c1)O[Si](C)(C)C(C)(C)C. The Morgan fingerprint density at radius 1 is 1.09 bits per heavy atom.